The van der Waals surface area contributed by atoms with Gasteiger partial charge in [0.2, 0.25) is 0 Å². The second-order valence-electron chi connectivity index (χ2n) is 5.74. The Bertz CT molecular complexity index is 679. The fourth-order valence-electron chi connectivity index (χ4n) is 2.75. The van der Waals surface area contributed by atoms with Crippen LogP contribution in [0.25, 0.3) is 5.69 Å². The van der Waals surface area contributed by atoms with Crippen LogP contribution in [0.5, 0.6) is 0 Å². The molecule has 1 aromatic heterocycles. The molecule has 1 heterocycles. The van der Waals surface area contributed by atoms with Gasteiger partial charge in [0.05, 0.1) is 5.56 Å². The molecule has 4 nitrogen and oxygen atoms in total. The first kappa shape index (κ1) is 19.3. The van der Waals surface area contributed by atoms with Gasteiger partial charge >= 0.3 is 0 Å². The maximum atomic E-state index is 12.6. The maximum absolute atomic E-state index is 12.6. The van der Waals surface area contributed by atoms with Crippen LogP contribution in [0.4, 0.5) is 0 Å². The highest BCUT2D eigenvalue weighted by Crippen LogP contribution is 2.23. The Labute approximate surface area is 144 Å². The van der Waals surface area contributed by atoms with Crippen molar-refractivity contribution in [3.63, 3.8) is 0 Å². The van der Waals surface area contributed by atoms with Crippen molar-refractivity contribution in [3.8, 4) is 5.69 Å². The Hall–Kier alpha value is -1.78. The minimum atomic E-state index is 0. The normalized spacial score (nSPS) is 10.3. The molecule has 2 aromatic rings. The molecule has 0 atom stereocenters. The number of hydrogen-bond donors (Lipinski definition) is 1. The van der Waals surface area contributed by atoms with Crippen LogP contribution in [0, 0.1) is 20.8 Å². The number of nitrogens with one attached hydrogen (secondary N) is 1. The summed E-state index contributed by atoms with van der Waals surface area (Å²) in [6.45, 7) is 7.64. The molecule has 1 aromatic carbocycles. The van der Waals surface area contributed by atoms with Gasteiger partial charge in [0.15, 0.2) is 0 Å². The lowest BCUT2D eigenvalue weighted by molar-refractivity contribution is 0.0796. The molecule has 0 unspecified atom stereocenters. The predicted octanol–water partition coefficient (Wildman–Crippen LogP) is 3.12. The van der Waals surface area contributed by atoms with Gasteiger partial charge in [-0.3, -0.25) is 4.79 Å². The molecule has 5 heteroatoms. The standard InChI is InChI=1S/C18H25N3O.ClH/c1-13-8-6-7-9-17(13)21-14(2)12-16(15(21)3)18(22)20(5)11-10-19-4;/h6-9,12,19H,10-11H2,1-5H3;1H. The number of likely N-dealkylation sites (N-methyl/N-ethyl adjacent to an activating group) is 2. The summed E-state index contributed by atoms with van der Waals surface area (Å²) in [5, 5.41) is 3.07. The third-order valence-corrected chi connectivity index (χ3v) is 4.06. The van der Waals surface area contributed by atoms with Gasteiger partial charge in [-0.2, -0.15) is 0 Å². The van der Waals surface area contributed by atoms with Gasteiger partial charge in [-0.05, 0) is 45.5 Å². The first-order valence-electron chi connectivity index (χ1n) is 7.62. The first-order chi connectivity index (χ1) is 10.5. The van der Waals surface area contributed by atoms with Crippen LogP contribution in [0.2, 0.25) is 0 Å². The third kappa shape index (κ3) is 3.95. The van der Waals surface area contributed by atoms with E-state index in [1.165, 1.54) is 5.56 Å². The molecule has 0 aliphatic rings. The highest BCUT2D eigenvalue weighted by molar-refractivity contribution is 5.95. The van der Waals surface area contributed by atoms with Gasteiger partial charge in [-0.1, -0.05) is 18.2 Å². The zero-order chi connectivity index (χ0) is 16.3. The summed E-state index contributed by atoms with van der Waals surface area (Å²) in [6, 6.07) is 10.2. The Balaban J connectivity index is 0.00000264. The van der Waals surface area contributed by atoms with E-state index in [0.29, 0.717) is 6.54 Å². The van der Waals surface area contributed by atoms with Crippen molar-refractivity contribution < 1.29 is 4.79 Å². The molecule has 0 spiro atoms. The van der Waals surface area contributed by atoms with Gasteiger partial charge in [-0.15, -0.1) is 12.4 Å². The molecule has 0 saturated carbocycles. The number of nitrogens with zero attached hydrogens (tertiary/aromatic N) is 2. The van der Waals surface area contributed by atoms with E-state index in [1.807, 2.05) is 46.1 Å². The summed E-state index contributed by atoms with van der Waals surface area (Å²) < 4.78 is 2.16. The summed E-state index contributed by atoms with van der Waals surface area (Å²) in [4.78, 5) is 14.4. The van der Waals surface area contributed by atoms with Crippen LogP contribution in [0.15, 0.2) is 30.3 Å². The van der Waals surface area contributed by atoms with E-state index < -0.39 is 0 Å². The first-order valence-corrected chi connectivity index (χ1v) is 7.62. The van der Waals surface area contributed by atoms with Gasteiger partial charge in [0.1, 0.15) is 0 Å². The van der Waals surface area contributed by atoms with Crippen LogP contribution < -0.4 is 5.32 Å². The van der Waals surface area contributed by atoms with Crippen LogP contribution in [-0.4, -0.2) is 42.6 Å². The Morgan fingerprint density at radius 3 is 2.48 bits per heavy atom. The minimum Gasteiger partial charge on any atom is -0.340 e. The number of amides is 1. The lowest BCUT2D eigenvalue weighted by atomic mass is 10.2. The molecular weight excluding hydrogens is 310 g/mol. The van der Waals surface area contributed by atoms with E-state index in [9.17, 15) is 4.79 Å². The summed E-state index contributed by atoms with van der Waals surface area (Å²) in [5.41, 5.74) is 5.19. The zero-order valence-corrected chi connectivity index (χ0v) is 15.3. The third-order valence-electron chi connectivity index (χ3n) is 4.06. The summed E-state index contributed by atoms with van der Waals surface area (Å²) in [5.74, 6) is 0.0724. The van der Waals surface area contributed by atoms with Crippen molar-refractivity contribution in [3.05, 3.63) is 52.8 Å². The summed E-state index contributed by atoms with van der Waals surface area (Å²) in [6.07, 6.45) is 0. The number of para-hydroxylation sites is 1. The summed E-state index contributed by atoms with van der Waals surface area (Å²) in [7, 11) is 3.74. The Kier molecular flexibility index (Phi) is 6.85. The van der Waals surface area contributed by atoms with Gasteiger partial charge < -0.3 is 14.8 Å². The topological polar surface area (TPSA) is 37.3 Å². The molecule has 0 aliphatic heterocycles. The second-order valence-corrected chi connectivity index (χ2v) is 5.74. The van der Waals surface area contributed by atoms with Crippen LogP contribution in [0.1, 0.15) is 27.3 Å². The fraction of sp³-hybridized carbons (Fsp3) is 0.389. The second kappa shape index (κ2) is 8.18. The number of benzene rings is 1. The number of aryl methyl sites for hydroxylation is 2. The minimum absolute atomic E-state index is 0. The lowest BCUT2D eigenvalue weighted by Gasteiger charge is -2.17. The molecule has 126 valence electrons. The number of carbonyl (C=O) groups excluding carboxylic acids is 1. The molecule has 2 rings (SSSR count). The van der Waals surface area contributed by atoms with E-state index in [-0.39, 0.29) is 18.3 Å². The molecule has 1 amide bonds. The van der Waals surface area contributed by atoms with Crippen molar-refractivity contribution in [2.75, 3.05) is 27.2 Å². The van der Waals surface area contributed by atoms with Crippen molar-refractivity contribution in [1.82, 2.24) is 14.8 Å². The highest BCUT2D eigenvalue weighted by Gasteiger charge is 2.19. The summed E-state index contributed by atoms with van der Waals surface area (Å²) >= 11 is 0. The van der Waals surface area contributed by atoms with E-state index in [4.69, 9.17) is 0 Å². The quantitative estimate of drug-likeness (QED) is 0.911. The number of halogens is 1. The fourth-order valence-corrected chi connectivity index (χ4v) is 2.75. The molecule has 0 aliphatic carbocycles. The molecule has 1 N–H and O–H groups in total. The van der Waals surface area contributed by atoms with Crippen molar-refractivity contribution in [2.45, 2.75) is 20.8 Å². The van der Waals surface area contributed by atoms with E-state index in [1.54, 1.807) is 4.90 Å². The van der Waals surface area contributed by atoms with Crippen molar-refractivity contribution >= 4 is 18.3 Å². The average Bonchev–Trinajstić information content (AvgIpc) is 2.79. The number of hydrogen-bond acceptors (Lipinski definition) is 2. The highest BCUT2D eigenvalue weighted by atomic mass is 35.5. The Morgan fingerprint density at radius 2 is 1.87 bits per heavy atom. The predicted molar refractivity (Wildman–Crippen MR) is 98.1 cm³/mol. The zero-order valence-electron chi connectivity index (χ0n) is 14.5. The van der Waals surface area contributed by atoms with E-state index >= 15 is 0 Å². The van der Waals surface area contributed by atoms with E-state index in [2.05, 4.69) is 28.9 Å². The maximum Gasteiger partial charge on any atom is 0.255 e. The smallest absolute Gasteiger partial charge is 0.255 e. The molecule has 0 radical (unpaired) electrons. The monoisotopic (exact) mass is 335 g/mol. The number of rotatable bonds is 5. The molecular formula is C18H26ClN3O. The van der Waals surface area contributed by atoms with Gasteiger partial charge in [-0.25, -0.2) is 0 Å². The molecule has 23 heavy (non-hydrogen) atoms. The molecule has 0 fully saturated rings. The van der Waals surface area contributed by atoms with E-state index in [0.717, 1.165) is 29.2 Å². The van der Waals surface area contributed by atoms with Crippen molar-refractivity contribution in [2.24, 2.45) is 0 Å². The van der Waals surface area contributed by atoms with Crippen LogP contribution in [-0.2, 0) is 0 Å². The Morgan fingerprint density at radius 1 is 1.22 bits per heavy atom. The van der Waals surface area contributed by atoms with Crippen LogP contribution in [0.3, 0.4) is 0 Å². The van der Waals surface area contributed by atoms with Crippen LogP contribution >= 0.6 is 12.4 Å². The van der Waals surface area contributed by atoms with Gasteiger partial charge in [0.25, 0.3) is 5.91 Å². The lowest BCUT2D eigenvalue weighted by Crippen LogP contribution is -2.33. The number of aromatic nitrogens is 1. The molecule has 0 bridgehead atoms. The SMILES string of the molecule is CNCCN(C)C(=O)c1cc(C)n(-c2ccccc2C)c1C.Cl. The average molecular weight is 336 g/mol. The van der Waals surface area contributed by atoms with Crippen molar-refractivity contribution in [1.29, 1.82) is 0 Å². The molecule has 0 saturated heterocycles. The number of carbonyl (C=O) groups is 1. The van der Waals surface area contributed by atoms with Gasteiger partial charge in [0, 0.05) is 37.2 Å². The largest absolute Gasteiger partial charge is 0.340 e.